The summed E-state index contributed by atoms with van der Waals surface area (Å²) in [6.45, 7) is 6.67. The lowest BCUT2D eigenvalue weighted by Gasteiger charge is -2.36. The van der Waals surface area contributed by atoms with Gasteiger partial charge in [-0.05, 0) is 24.3 Å². The van der Waals surface area contributed by atoms with Crippen LogP contribution in [0.25, 0.3) is 0 Å². The Hall–Kier alpha value is -2.08. The minimum absolute atomic E-state index is 0. The standard InChI is InChI=1S/C20H29ClN8O.HI/c1-3-18-26-25-15-29(18)9-8-23-20(22-2)24-14-19(30)28-12-10-27(11-13-28)17-6-4-16(21)5-7-17;/h4-7,15H,3,8-14H2,1-2H3,(H2,22,23,24);1H. The summed E-state index contributed by atoms with van der Waals surface area (Å²) < 4.78 is 2.01. The van der Waals surface area contributed by atoms with Crippen molar-refractivity contribution < 1.29 is 4.79 Å². The van der Waals surface area contributed by atoms with Gasteiger partial charge in [0.25, 0.3) is 0 Å². The van der Waals surface area contributed by atoms with Crippen LogP contribution in [0.2, 0.25) is 5.02 Å². The predicted octanol–water partition coefficient (Wildman–Crippen LogP) is 1.63. The summed E-state index contributed by atoms with van der Waals surface area (Å²) in [4.78, 5) is 20.9. The zero-order valence-corrected chi connectivity index (χ0v) is 21.0. The number of nitrogens with zero attached hydrogens (tertiary/aromatic N) is 6. The van der Waals surface area contributed by atoms with E-state index < -0.39 is 0 Å². The van der Waals surface area contributed by atoms with Crippen molar-refractivity contribution in [1.29, 1.82) is 0 Å². The second kappa shape index (κ2) is 12.7. The Bertz CT molecular complexity index is 849. The van der Waals surface area contributed by atoms with E-state index in [9.17, 15) is 4.79 Å². The molecule has 0 saturated carbocycles. The van der Waals surface area contributed by atoms with Gasteiger partial charge in [-0.25, -0.2) is 0 Å². The van der Waals surface area contributed by atoms with E-state index in [0.717, 1.165) is 42.6 Å². The van der Waals surface area contributed by atoms with Gasteiger partial charge in [0.15, 0.2) is 5.96 Å². The van der Waals surface area contributed by atoms with Gasteiger partial charge in [-0.1, -0.05) is 18.5 Å². The fourth-order valence-electron chi connectivity index (χ4n) is 3.39. The number of aromatic nitrogens is 3. The Morgan fingerprint density at radius 1 is 1.16 bits per heavy atom. The number of piperazine rings is 1. The van der Waals surface area contributed by atoms with Crippen molar-refractivity contribution >= 4 is 53.1 Å². The third-order valence-corrected chi connectivity index (χ3v) is 5.36. The highest BCUT2D eigenvalue weighted by atomic mass is 127. The first-order valence-corrected chi connectivity index (χ1v) is 10.6. The molecule has 1 aromatic carbocycles. The van der Waals surface area contributed by atoms with Gasteiger partial charge < -0.3 is 25.0 Å². The van der Waals surface area contributed by atoms with Crippen LogP contribution in [0.4, 0.5) is 5.69 Å². The van der Waals surface area contributed by atoms with Gasteiger partial charge in [-0.15, -0.1) is 34.2 Å². The summed E-state index contributed by atoms with van der Waals surface area (Å²) in [6, 6.07) is 7.81. The van der Waals surface area contributed by atoms with Crippen LogP contribution in [0.5, 0.6) is 0 Å². The number of halogens is 2. The first-order valence-electron chi connectivity index (χ1n) is 10.2. The Morgan fingerprint density at radius 3 is 2.52 bits per heavy atom. The lowest BCUT2D eigenvalue weighted by molar-refractivity contribution is -0.130. The van der Waals surface area contributed by atoms with Crippen LogP contribution in [-0.2, 0) is 17.8 Å². The van der Waals surface area contributed by atoms with Gasteiger partial charge in [0.05, 0.1) is 6.54 Å². The highest BCUT2D eigenvalue weighted by Crippen LogP contribution is 2.19. The van der Waals surface area contributed by atoms with E-state index in [-0.39, 0.29) is 36.4 Å². The number of amides is 1. The molecule has 170 valence electrons. The number of anilines is 1. The topological polar surface area (TPSA) is 90.7 Å². The first kappa shape index (κ1) is 25.2. The molecule has 1 aliphatic heterocycles. The molecule has 2 heterocycles. The van der Waals surface area contributed by atoms with Crippen LogP contribution in [-0.4, -0.2) is 77.8 Å². The average Bonchev–Trinajstić information content (AvgIpc) is 3.24. The van der Waals surface area contributed by atoms with E-state index in [1.807, 2.05) is 33.7 Å². The fraction of sp³-hybridized carbons (Fsp3) is 0.500. The van der Waals surface area contributed by atoms with Gasteiger partial charge >= 0.3 is 0 Å². The van der Waals surface area contributed by atoms with Crippen LogP contribution in [0.3, 0.4) is 0 Å². The molecule has 1 fully saturated rings. The molecule has 0 aliphatic carbocycles. The molecule has 0 radical (unpaired) electrons. The second-order valence-electron chi connectivity index (χ2n) is 6.99. The summed E-state index contributed by atoms with van der Waals surface area (Å²) in [5, 5.41) is 15.1. The molecule has 0 bridgehead atoms. The molecule has 1 amide bonds. The van der Waals surface area contributed by atoms with E-state index in [2.05, 4.69) is 37.6 Å². The first-order chi connectivity index (χ1) is 14.6. The van der Waals surface area contributed by atoms with Crippen molar-refractivity contribution in [2.75, 3.05) is 51.2 Å². The van der Waals surface area contributed by atoms with Crippen molar-refractivity contribution in [2.45, 2.75) is 19.9 Å². The number of carbonyl (C=O) groups excluding carboxylic acids is 1. The zero-order chi connectivity index (χ0) is 21.3. The van der Waals surface area contributed by atoms with Crippen LogP contribution in [0.15, 0.2) is 35.6 Å². The molecule has 2 aromatic rings. The van der Waals surface area contributed by atoms with E-state index in [1.54, 1.807) is 13.4 Å². The van der Waals surface area contributed by atoms with Gasteiger partial charge in [-0.3, -0.25) is 9.79 Å². The van der Waals surface area contributed by atoms with E-state index >= 15 is 0 Å². The Balaban J connectivity index is 0.00000341. The minimum Gasteiger partial charge on any atom is -0.368 e. The van der Waals surface area contributed by atoms with Gasteiger partial charge in [0.1, 0.15) is 12.2 Å². The number of guanidine groups is 1. The average molecular weight is 561 g/mol. The van der Waals surface area contributed by atoms with Gasteiger partial charge in [-0.2, -0.15) is 0 Å². The highest BCUT2D eigenvalue weighted by Gasteiger charge is 2.21. The van der Waals surface area contributed by atoms with Crippen molar-refractivity contribution in [3.8, 4) is 0 Å². The van der Waals surface area contributed by atoms with Crippen LogP contribution in [0.1, 0.15) is 12.7 Å². The van der Waals surface area contributed by atoms with Crippen molar-refractivity contribution in [3.63, 3.8) is 0 Å². The number of hydrogen-bond donors (Lipinski definition) is 2. The smallest absolute Gasteiger partial charge is 0.242 e. The molecule has 31 heavy (non-hydrogen) atoms. The zero-order valence-electron chi connectivity index (χ0n) is 17.9. The Morgan fingerprint density at radius 2 is 1.87 bits per heavy atom. The van der Waals surface area contributed by atoms with E-state index in [0.29, 0.717) is 25.6 Å². The molecular formula is C20H30ClIN8O. The SMILES string of the molecule is CCc1nncn1CCNC(=NC)NCC(=O)N1CCN(c2ccc(Cl)cc2)CC1.I. The van der Waals surface area contributed by atoms with Gasteiger partial charge in [0.2, 0.25) is 5.91 Å². The molecule has 1 saturated heterocycles. The van der Waals surface area contributed by atoms with E-state index in [4.69, 9.17) is 11.6 Å². The third kappa shape index (κ3) is 7.23. The minimum atomic E-state index is 0. The second-order valence-corrected chi connectivity index (χ2v) is 7.43. The quantitative estimate of drug-likeness (QED) is 0.304. The fourth-order valence-corrected chi connectivity index (χ4v) is 3.52. The van der Waals surface area contributed by atoms with Crippen molar-refractivity contribution in [1.82, 2.24) is 30.3 Å². The molecule has 0 spiro atoms. The molecule has 1 aromatic heterocycles. The van der Waals surface area contributed by atoms with Crippen molar-refractivity contribution in [2.24, 2.45) is 4.99 Å². The summed E-state index contributed by atoms with van der Waals surface area (Å²) >= 11 is 5.96. The van der Waals surface area contributed by atoms with Crippen LogP contribution < -0.4 is 15.5 Å². The van der Waals surface area contributed by atoms with Gasteiger partial charge in [0, 0.05) is 63.4 Å². The monoisotopic (exact) mass is 560 g/mol. The Labute approximate surface area is 205 Å². The lowest BCUT2D eigenvalue weighted by Crippen LogP contribution is -2.52. The highest BCUT2D eigenvalue weighted by molar-refractivity contribution is 14.0. The molecule has 11 heteroatoms. The molecule has 2 N–H and O–H groups in total. The number of hydrogen-bond acceptors (Lipinski definition) is 5. The number of rotatable bonds is 7. The molecule has 9 nitrogen and oxygen atoms in total. The summed E-state index contributed by atoms with van der Waals surface area (Å²) in [7, 11) is 1.70. The van der Waals surface area contributed by atoms with E-state index in [1.165, 1.54) is 0 Å². The molecular weight excluding hydrogens is 531 g/mol. The molecule has 0 atom stereocenters. The molecule has 1 aliphatic rings. The summed E-state index contributed by atoms with van der Waals surface area (Å²) in [5.74, 6) is 1.63. The van der Waals surface area contributed by atoms with Crippen LogP contribution in [0, 0.1) is 0 Å². The van der Waals surface area contributed by atoms with Crippen molar-refractivity contribution in [3.05, 3.63) is 41.4 Å². The third-order valence-electron chi connectivity index (χ3n) is 5.11. The normalized spacial score (nSPS) is 14.2. The molecule has 3 rings (SSSR count). The maximum Gasteiger partial charge on any atom is 0.242 e. The Kier molecular flexibility index (Phi) is 10.3. The molecule has 0 unspecified atom stereocenters. The number of aryl methyl sites for hydroxylation is 1. The number of benzene rings is 1. The summed E-state index contributed by atoms with van der Waals surface area (Å²) in [5.41, 5.74) is 1.13. The maximum atomic E-state index is 12.6. The number of carbonyl (C=O) groups is 1. The number of aliphatic imine (C=N–C) groups is 1. The van der Waals surface area contributed by atoms with Crippen LogP contribution >= 0.6 is 35.6 Å². The largest absolute Gasteiger partial charge is 0.368 e. The summed E-state index contributed by atoms with van der Waals surface area (Å²) in [6.07, 6.45) is 2.57. The maximum absolute atomic E-state index is 12.6. The predicted molar refractivity (Wildman–Crippen MR) is 134 cm³/mol. The number of nitrogens with one attached hydrogen (secondary N) is 2. The lowest BCUT2D eigenvalue weighted by atomic mass is 10.2.